The first-order valence-electron chi connectivity index (χ1n) is 13.9. The fraction of sp³-hybridized carbons (Fsp3) is 0.963. The van der Waals surface area contributed by atoms with Gasteiger partial charge in [-0.15, -0.1) is 24.8 Å². The third-order valence-corrected chi connectivity index (χ3v) is 6.08. The average molecular weight is 548 g/mol. The predicted octanol–water partition coefficient (Wildman–Crippen LogP) is 8.00. The van der Waals surface area contributed by atoms with Crippen LogP contribution in [0.3, 0.4) is 0 Å². The molecule has 8 heteroatoms. The lowest BCUT2D eigenvalue weighted by molar-refractivity contribution is -0.0951. The molecule has 2 N–H and O–H groups in total. The molecule has 216 valence electrons. The van der Waals surface area contributed by atoms with E-state index in [-0.39, 0.29) is 42.7 Å². The highest BCUT2D eigenvalue weighted by atomic mass is 35.5. The van der Waals surface area contributed by atoms with Gasteiger partial charge in [0.25, 0.3) is 0 Å². The molecule has 0 aromatic carbocycles. The number of hydrogen-bond donors (Lipinski definition) is 0. The van der Waals surface area contributed by atoms with Gasteiger partial charge in [-0.25, -0.2) is 4.79 Å². The number of rotatable bonds is 22. The molecule has 0 aromatic heterocycles. The fourth-order valence-electron chi connectivity index (χ4n) is 3.88. The Bertz CT molecular complexity index is 382. The van der Waals surface area contributed by atoms with Crippen molar-refractivity contribution in [3.63, 3.8) is 0 Å². The van der Waals surface area contributed by atoms with Gasteiger partial charge in [0, 0.05) is 26.2 Å². The monoisotopic (exact) mass is 546 g/mol. The molecule has 35 heavy (non-hydrogen) atoms. The quantitative estimate of drug-likeness (QED) is 0.101. The maximum atomic E-state index is 13.0. The van der Waals surface area contributed by atoms with Crippen LogP contribution in [0.5, 0.6) is 0 Å². The van der Waals surface area contributed by atoms with Crippen LogP contribution < -0.4 is 0 Å². The Labute approximate surface area is 230 Å². The molecule has 0 aliphatic heterocycles. The Hall–Kier alpha value is -0.270. The third-order valence-electron chi connectivity index (χ3n) is 6.08. The zero-order valence-electron chi connectivity index (χ0n) is 23.8. The molecule has 0 amide bonds. The van der Waals surface area contributed by atoms with Gasteiger partial charge in [-0.1, -0.05) is 80.1 Å². The summed E-state index contributed by atoms with van der Waals surface area (Å²) < 4.78 is 12.0. The average Bonchev–Trinajstić information content (AvgIpc) is 2.80. The molecule has 2 atom stereocenters. The van der Waals surface area contributed by atoms with Crippen molar-refractivity contribution in [2.24, 2.45) is 0 Å². The number of unbranched alkanes of at least 4 members (excludes halogenated alkanes) is 6. The molecule has 0 spiro atoms. The lowest BCUT2D eigenvalue weighted by Gasteiger charge is -2.34. The highest BCUT2D eigenvalue weighted by Crippen LogP contribution is 2.18. The van der Waals surface area contributed by atoms with Gasteiger partial charge in [0.1, 0.15) is 0 Å². The standard InChI is InChI=1S/C27H56N2O3.2ClH.H2O/c1-7-13-19-25(28(21-15-9-3)22-16-10-4)31-27(30)32-26(20-14-8-2)29(23-17-11-5)24-18-12-6;;;/h25-26H,7-24H2,1-6H3;2*1H;1H2. The first-order valence-corrected chi connectivity index (χ1v) is 13.9. The van der Waals surface area contributed by atoms with Crippen LogP contribution in [0, 0.1) is 0 Å². The molecule has 0 aliphatic rings. The number of halogens is 2. The Kier molecular flexibility index (Phi) is 35.8. The van der Waals surface area contributed by atoms with Crippen LogP contribution in [0.2, 0.25) is 0 Å². The van der Waals surface area contributed by atoms with Crippen LogP contribution in [-0.4, -0.2) is 60.1 Å². The fourth-order valence-corrected chi connectivity index (χ4v) is 3.88. The molecular weight excluding hydrogens is 487 g/mol. The van der Waals surface area contributed by atoms with E-state index in [1.807, 2.05) is 0 Å². The van der Waals surface area contributed by atoms with Gasteiger partial charge in [-0.2, -0.15) is 0 Å². The summed E-state index contributed by atoms with van der Waals surface area (Å²) in [6, 6.07) is 0. The molecule has 0 aliphatic carbocycles. The van der Waals surface area contributed by atoms with E-state index in [2.05, 4.69) is 51.3 Å². The second-order valence-corrected chi connectivity index (χ2v) is 9.17. The van der Waals surface area contributed by atoms with Crippen LogP contribution in [0.25, 0.3) is 0 Å². The third kappa shape index (κ3) is 21.5. The van der Waals surface area contributed by atoms with Crippen molar-refractivity contribution < 1.29 is 19.7 Å². The second kappa shape index (κ2) is 30.0. The van der Waals surface area contributed by atoms with Gasteiger partial charge in [0.15, 0.2) is 12.5 Å². The van der Waals surface area contributed by atoms with Crippen LogP contribution in [0.15, 0.2) is 0 Å². The van der Waals surface area contributed by atoms with Gasteiger partial charge in [0.2, 0.25) is 0 Å². The highest BCUT2D eigenvalue weighted by Gasteiger charge is 2.26. The van der Waals surface area contributed by atoms with Gasteiger partial charge in [-0.05, 0) is 51.4 Å². The SMILES string of the molecule is CCCCC(OC(=O)OC(CCCC)N(CCCC)CCCC)N(CCCC)CCCC.Cl.Cl.O. The number of hydrogen-bond acceptors (Lipinski definition) is 5. The van der Waals surface area contributed by atoms with Crippen molar-refractivity contribution in [3.05, 3.63) is 0 Å². The molecule has 0 radical (unpaired) electrons. The second-order valence-electron chi connectivity index (χ2n) is 9.17. The van der Waals surface area contributed by atoms with Crippen LogP contribution in [-0.2, 0) is 9.47 Å². The zero-order valence-corrected chi connectivity index (χ0v) is 25.5. The minimum Gasteiger partial charge on any atom is -0.415 e. The molecule has 2 unspecified atom stereocenters. The lowest BCUT2D eigenvalue weighted by atomic mass is 10.2. The van der Waals surface area contributed by atoms with Crippen LogP contribution in [0.1, 0.15) is 131 Å². The minimum absolute atomic E-state index is 0. The number of ether oxygens (including phenoxy) is 2. The van der Waals surface area contributed by atoms with Gasteiger partial charge in [-0.3, -0.25) is 9.80 Å². The normalized spacial score (nSPS) is 12.3. The molecule has 6 nitrogen and oxygen atoms in total. The minimum atomic E-state index is -0.483. The Morgan fingerprint density at radius 2 is 0.800 bits per heavy atom. The van der Waals surface area contributed by atoms with E-state index in [9.17, 15) is 4.79 Å². The van der Waals surface area contributed by atoms with E-state index in [1.165, 1.54) is 0 Å². The molecular formula is C27H60Cl2N2O4. The Morgan fingerprint density at radius 3 is 1.03 bits per heavy atom. The van der Waals surface area contributed by atoms with Crippen molar-refractivity contribution in [2.75, 3.05) is 26.2 Å². The summed E-state index contributed by atoms with van der Waals surface area (Å²) in [4.78, 5) is 17.7. The van der Waals surface area contributed by atoms with Crippen LogP contribution in [0.4, 0.5) is 4.79 Å². The summed E-state index contributed by atoms with van der Waals surface area (Å²) in [6.07, 6.45) is 14.4. The molecule has 0 saturated heterocycles. The smallest absolute Gasteiger partial charge is 0.415 e. The molecule has 0 aromatic rings. The van der Waals surface area contributed by atoms with Crippen molar-refractivity contribution in [3.8, 4) is 0 Å². The van der Waals surface area contributed by atoms with Crippen LogP contribution >= 0.6 is 24.8 Å². The molecule has 0 heterocycles. The maximum Gasteiger partial charge on any atom is 0.511 e. The summed E-state index contributed by atoms with van der Waals surface area (Å²) >= 11 is 0. The van der Waals surface area contributed by atoms with Crippen molar-refractivity contribution >= 4 is 31.0 Å². The van der Waals surface area contributed by atoms with Crippen molar-refractivity contribution in [1.82, 2.24) is 9.80 Å². The molecule has 0 saturated carbocycles. The molecule has 0 fully saturated rings. The van der Waals surface area contributed by atoms with E-state index in [1.54, 1.807) is 0 Å². The first kappa shape index (κ1) is 41.8. The van der Waals surface area contributed by atoms with E-state index in [0.717, 1.165) is 116 Å². The van der Waals surface area contributed by atoms with Gasteiger partial charge >= 0.3 is 6.16 Å². The number of carbonyl (C=O) groups excluding carboxylic acids is 1. The maximum absolute atomic E-state index is 13.0. The summed E-state index contributed by atoms with van der Waals surface area (Å²) in [7, 11) is 0. The van der Waals surface area contributed by atoms with E-state index >= 15 is 0 Å². The number of nitrogens with zero attached hydrogens (tertiary/aromatic N) is 2. The predicted molar refractivity (Wildman–Crippen MR) is 155 cm³/mol. The zero-order chi connectivity index (χ0) is 24.0. The largest absolute Gasteiger partial charge is 0.511 e. The van der Waals surface area contributed by atoms with Gasteiger partial charge < -0.3 is 14.9 Å². The first-order chi connectivity index (χ1) is 15.6. The summed E-state index contributed by atoms with van der Waals surface area (Å²) in [5, 5.41) is 0. The molecule has 0 rings (SSSR count). The van der Waals surface area contributed by atoms with E-state index in [4.69, 9.17) is 9.47 Å². The van der Waals surface area contributed by atoms with Gasteiger partial charge in [0.05, 0.1) is 0 Å². The Balaban J connectivity index is -0.00000160. The summed E-state index contributed by atoms with van der Waals surface area (Å²) in [5.41, 5.74) is 0. The number of carbonyl (C=O) groups is 1. The molecule has 0 bridgehead atoms. The summed E-state index contributed by atoms with van der Waals surface area (Å²) in [5.74, 6) is 0. The highest BCUT2D eigenvalue weighted by molar-refractivity contribution is 5.85. The topological polar surface area (TPSA) is 73.5 Å². The Morgan fingerprint density at radius 1 is 0.543 bits per heavy atom. The lowest BCUT2D eigenvalue weighted by Crippen LogP contribution is -2.43. The van der Waals surface area contributed by atoms with Crippen molar-refractivity contribution in [2.45, 2.75) is 144 Å². The van der Waals surface area contributed by atoms with E-state index in [0.29, 0.717) is 0 Å². The van der Waals surface area contributed by atoms with E-state index < -0.39 is 6.16 Å². The summed E-state index contributed by atoms with van der Waals surface area (Å²) in [6.45, 7) is 17.2. The van der Waals surface area contributed by atoms with Crippen molar-refractivity contribution in [1.29, 1.82) is 0 Å².